The molecule has 0 bridgehead atoms. The fourth-order valence-electron chi connectivity index (χ4n) is 8.21. The van der Waals surface area contributed by atoms with E-state index in [9.17, 15) is 62.2 Å². The van der Waals surface area contributed by atoms with E-state index in [4.69, 9.17) is 9.94 Å². The van der Waals surface area contributed by atoms with Crippen LogP contribution >= 0.6 is 0 Å². The van der Waals surface area contributed by atoms with Crippen molar-refractivity contribution in [3.63, 3.8) is 0 Å². The number of carbonyl (C=O) groups is 11. The highest BCUT2D eigenvalue weighted by Gasteiger charge is 2.35. The summed E-state index contributed by atoms with van der Waals surface area (Å²) in [6, 6.07) is 7.33. The lowest BCUT2D eigenvalue weighted by Gasteiger charge is -2.33. The van der Waals surface area contributed by atoms with Gasteiger partial charge in [0.15, 0.2) is 0 Å². The van der Waals surface area contributed by atoms with E-state index in [1.165, 1.54) is 27.8 Å². The Kier molecular flexibility index (Phi) is 23.1. The first kappa shape index (κ1) is 62.4. The zero-order chi connectivity index (χ0) is 58.0. The van der Waals surface area contributed by atoms with E-state index < -0.39 is 138 Å². The minimum atomic E-state index is -1.51. The van der Waals surface area contributed by atoms with Crippen molar-refractivity contribution in [3.05, 3.63) is 83.7 Å². The number of hydrogen-bond donors (Lipinski definition) is 8. The largest absolute Gasteiger partial charge is 0.481 e. The second kappa shape index (κ2) is 28.9. The number of hydrogen-bond acceptors (Lipinski definition) is 13. The highest BCUT2D eigenvalue weighted by Crippen LogP contribution is 2.37. The van der Waals surface area contributed by atoms with Gasteiger partial charge in [-0.15, -0.1) is 5.06 Å². The summed E-state index contributed by atoms with van der Waals surface area (Å²) in [4.78, 5) is 144. The molecule has 1 fully saturated rings. The van der Waals surface area contributed by atoms with Crippen LogP contribution in [0.25, 0.3) is 11.1 Å². The van der Waals surface area contributed by atoms with E-state index in [-0.39, 0.29) is 57.2 Å². The van der Waals surface area contributed by atoms with Crippen molar-refractivity contribution >= 4 is 65.2 Å². The van der Waals surface area contributed by atoms with Crippen LogP contribution in [-0.2, 0) is 64.1 Å². The summed E-state index contributed by atoms with van der Waals surface area (Å²) in [5, 5.41) is 34.7. The maximum absolute atomic E-state index is 15.2. The van der Waals surface area contributed by atoms with Gasteiger partial charge in [-0.05, 0) is 81.8 Å². The van der Waals surface area contributed by atoms with E-state index >= 15 is 4.39 Å². The molecule has 78 heavy (non-hydrogen) atoms. The quantitative estimate of drug-likeness (QED) is 0.0464. The first-order valence-corrected chi connectivity index (χ1v) is 25.3. The number of carbonyl (C=O) groups excluding carboxylic acids is 9. The first-order valence-electron chi connectivity index (χ1n) is 25.3. The Morgan fingerprint density at radius 3 is 2.01 bits per heavy atom. The lowest BCUT2D eigenvalue weighted by atomic mass is 9.84. The van der Waals surface area contributed by atoms with Crippen molar-refractivity contribution in [3.8, 4) is 11.1 Å². The molecule has 3 aromatic rings. The van der Waals surface area contributed by atoms with Gasteiger partial charge in [-0.3, -0.25) is 43.2 Å². The van der Waals surface area contributed by atoms with Crippen LogP contribution in [0.5, 0.6) is 0 Å². The number of benzene rings is 2. The Morgan fingerprint density at radius 2 is 1.38 bits per heavy atom. The summed E-state index contributed by atoms with van der Waals surface area (Å²) in [5.74, 6) is -10.7. The molecule has 8 N–H and O–H groups in total. The van der Waals surface area contributed by atoms with Crippen LogP contribution in [0.4, 0.5) is 8.78 Å². The molecule has 4 rings (SSSR count). The third-order valence-corrected chi connectivity index (χ3v) is 12.7. The maximum Gasteiger partial charge on any atom is 0.333 e. The SMILES string of the molecule is C[C@H](NC(=O)[C@H](C)N(C)C(=O)[C@H](C)NC(=O)CCCC(=O)ON1C(=O)CCC1=O)C(=O)N[C@@H](CCN[C@@H](c1cc(-c2cc(F)ccc2F)cn1Cc1ccccc1)C(C)(C)C)C(=O)NCCC(=O)N[C@H](CCC(=O)O)C(=O)O. The highest BCUT2D eigenvalue weighted by atomic mass is 19.1. The van der Waals surface area contributed by atoms with Crippen LogP contribution in [0.3, 0.4) is 0 Å². The molecule has 2 aromatic carbocycles. The fraction of sp³-hybridized carbons (Fsp3) is 0.491. The van der Waals surface area contributed by atoms with Crippen molar-refractivity contribution in [2.75, 3.05) is 20.1 Å². The van der Waals surface area contributed by atoms with Gasteiger partial charge in [-0.25, -0.2) is 18.4 Å². The lowest BCUT2D eigenvalue weighted by molar-refractivity contribution is -0.197. The Bertz CT molecular complexity index is 2680. The number of aliphatic carboxylic acids is 2. The maximum atomic E-state index is 15.2. The summed E-state index contributed by atoms with van der Waals surface area (Å²) in [5.41, 5.74) is 1.48. The van der Waals surface area contributed by atoms with E-state index in [2.05, 4.69) is 31.9 Å². The Labute approximate surface area is 449 Å². The predicted octanol–water partition coefficient (Wildman–Crippen LogP) is 2.61. The number of rotatable bonds is 29. The van der Waals surface area contributed by atoms with Gasteiger partial charge in [0, 0.05) is 81.7 Å². The average molecular weight is 1090 g/mol. The molecule has 25 heteroatoms. The first-order chi connectivity index (χ1) is 36.7. The smallest absolute Gasteiger partial charge is 0.333 e. The van der Waals surface area contributed by atoms with Crippen LogP contribution in [-0.4, -0.2) is 140 Å². The van der Waals surface area contributed by atoms with Gasteiger partial charge in [0.05, 0.1) is 6.04 Å². The molecule has 0 saturated carbocycles. The van der Waals surface area contributed by atoms with Gasteiger partial charge >= 0.3 is 17.9 Å². The standard InChI is InChI=1S/C53H69F2N9O14/c1-30(59-49(73)32(3)62(7)51(75)31(2)58-41(65)14-11-15-46(71)78-64-43(67)19-20-44(64)68)48(72)61-38(50(74)57-25-23-42(66)60-39(52(76)77)18-21-45(69)70)22-24-56-47(53(4,5)6)40-26-34(36-27-35(54)16-17-37(36)55)29-63(40)28-33-12-9-8-10-13-33/h8-10,12-13,16-17,26-27,29-32,38-39,47,56H,11,14-15,18-25,28H2,1-7H3,(H,57,74)(H,58,65)(H,59,73)(H,60,66)(H,61,72)(H,69,70)(H,76,77)/t30-,31-,32-,38-,39+,47-/m0/s1. The molecular formula is C53H69F2N9O14. The molecular weight excluding hydrogens is 1020 g/mol. The number of amides is 8. The molecule has 0 radical (unpaired) electrons. The van der Waals surface area contributed by atoms with Crippen molar-refractivity contribution < 1.29 is 76.6 Å². The van der Waals surface area contributed by atoms with Crippen molar-refractivity contribution in [1.29, 1.82) is 0 Å². The number of imide groups is 1. The molecule has 1 aliphatic heterocycles. The number of halogens is 2. The number of likely N-dealkylation sites (N-methyl/N-ethyl adjacent to an activating group) is 1. The van der Waals surface area contributed by atoms with Gasteiger partial charge in [0.1, 0.15) is 41.8 Å². The second-order valence-electron chi connectivity index (χ2n) is 20.0. The molecule has 6 atom stereocenters. The van der Waals surface area contributed by atoms with Gasteiger partial charge in [-0.1, -0.05) is 51.1 Å². The predicted molar refractivity (Wildman–Crippen MR) is 275 cm³/mol. The summed E-state index contributed by atoms with van der Waals surface area (Å²) in [6.45, 7) is 9.98. The summed E-state index contributed by atoms with van der Waals surface area (Å²) < 4.78 is 31.6. The van der Waals surface area contributed by atoms with Gasteiger partial charge in [-0.2, -0.15) is 0 Å². The molecule has 0 unspecified atom stereocenters. The van der Waals surface area contributed by atoms with Crippen molar-refractivity contribution in [2.24, 2.45) is 5.41 Å². The van der Waals surface area contributed by atoms with Crippen LogP contribution in [0, 0.1) is 17.0 Å². The molecule has 2 heterocycles. The zero-order valence-electron chi connectivity index (χ0n) is 44.6. The Balaban J connectivity index is 1.45. The number of carboxylic acid groups (broad SMARTS) is 2. The normalized spacial score (nSPS) is 14.7. The van der Waals surface area contributed by atoms with Crippen LogP contribution in [0.15, 0.2) is 60.8 Å². The Morgan fingerprint density at radius 1 is 0.731 bits per heavy atom. The molecule has 8 amide bonds. The topological polar surface area (TPSA) is 321 Å². The van der Waals surface area contributed by atoms with E-state index in [1.54, 1.807) is 12.3 Å². The summed E-state index contributed by atoms with van der Waals surface area (Å²) in [6.07, 6.45) is -0.455. The number of aromatic nitrogens is 1. The highest BCUT2D eigenvalue weighted by molar-refractivity contribution is 6.01. The molecule has 23 nitrogen and oxygen atoms in total. The van der Waals surface area contributed by atoms with Crippen LogP contribution in [0.2, 0.25) is 0 Å². The number of nitrogens with one attached hydrogen (secondary N) is 6. The monoisotopic (exact) mass is 1090 g/mol. The fourth-order valence-corrected chi connectivity index (χ4v) is 8.21. The van der Waals surface area contributed by atoms with Gasteiger partial charge in [0.2, 0.25) is 35.4 Å². The molecule has 0 aliphatic carbocycles. The third-order valence-electron chi connectivity index (χ3n) is 12.7. The number of nitrogens with zero attached hydrogens (tertiary/aromatic N) is 3. The van der Waals surface area contributed by atoms with Crippen molar-refractivity contribution in [2.45, 2.75) is 142 Å². The minimum Gasteiger partial charge on any atom is -0.481 e. The zero-order valence-corrected chi connectivity index (χ0v) is 44.6. The third kappa shape index (κ3) is 18.9. The molecule has 1 aliphatic rings. The average Bonchev–Trinajstić information content (AvgIpc) is 3.93. The van der Waals surface area contributed by atoms with Gasteiger partial charge in [0.25, 0.3) is 11.8 Å². The number of carboxylic acids is 2. The van der Waals surface area contributed by atoms with Crippen LogP contribution < -0.4 is 31.9 Å². The molecule has 1 aromatic heterocycles. The summed E-state index contributed by atoms with van der Waals surface area (Å²) >= 11 is 0. The Hall–Kier alpha value is -8.09. The summed E-state index contributed by atoms with van der Waals surface area (Å²) in [7, 11) is 1.30. The number of hydroxylamine groups is 2. The van der Waals surface area contributed by atoms with E-state index in [0.717, 1.165) is 28.7 Å². The van der Waals surface area contributed by atoms with Crippen LogP contribution in [0.1, 0.15) is 117 Å². The second-order valence-corrected chi connectivity index (χ2v) is 20.0. The lowest BCUT2D eigenvalue weighted by Crippen LogP contribution is -2.57. The molecule has 424 valence electrons. The van der Waals surface area contributed by atoms with E-state index in [0.29, 0.717) is 22.9 Å². The molecule has 0 spiro atoms. The van der Waals surface area contributed by atoms with E-state index in [1.807, 2.05) is 55.7 Å². The van der Waals surface area contributed by atoms with Crippen molar-refractivity contribution in [1.82, 2.24) is 46.4 Å². The minimum absolute atomic E-state index is 0.0379. The molecule has 1 saturated heterocycles. The van der Waals surface area contributed by atoms with Gasteiger partial charge < -0.3 is 56.4 Å².